The number of nitrogens with zero attached hydrogens (tertiary/aromatic N) is 2. The second-order valence-electron chi connectivity index (χ2n) is 5.25. The van der Waals surface area contributed by atoms with Crippen LogP contribution in [0.5, 0.6) is 5.75 Å². The van der Waals surface area contributed by atoms with Crippen LogP contribution in [0.25, 0.3) is 0 Å². The number of benzene rings is 1. The van der Waals surface area contributed by atoms with Crippen LogP contribution in [0.2, 0.25) is 0 Å². The Morgan fingerprint density at radius 1 is 1.22 bits per heavy atom. The lowest BCUT2D eigenvalue weighted by molar-refractivity contribution is 0.414. The first-order chi connectivity index (χ1) is 11.0. The standard InChI is InChI=1S/C16H21N3O3S/c1-13(16-12-17-10-11-18-16)4-3-9-19-23(20,21)15-7-5-14(22-2)6-8-15/h5-8,10-13,19H,3-4,9H2,1-2H3. The monoisotopic (exact) mass is 335 g/mol. The van der Waals surface area contributed by atoms with E-state index in [9.17, 15) is 8.42 Å². The van der Waals surface area contributed by atoms with Gasteiger partial charge in [0.2, 0.25) is 10.0 Å². The minimum atomic E-state index is -3.48. The number of hydrogen-bond donors (Lipinski definition) is 1. The zero-order valence-corrected chi connectivity index (χ0v) is 14.1. The van der Waals surface area contributed by atoms with Crippen molar-refractivity contribution in [3.63, 3.8) is 0 Å². The predicted octanol–water partition coefficient (Wildman–Crippen LogP) is 2.35. The number of methoxy groups -OCH3 is 1. The van der Waals surface area contributed by atoms with E-state index in [0.29, 0.717) is 12.3 Å². The van der Waals surface area contributed by atoms with Crippen molar-refractivity contribution >= 4 is 10.0 Å². The Balaban J connectivity index is 1.82. The van der Waals surface area contributed by atoms with E-state index in [1.807, 2.05) is 0 Å². The fraction of sp³-hybridized carbons (Fsp3) is 0.375. The molecule has 0 aliphatic carbocycles. The van der Waals surface area contributed by atoms with Gasteiger partial charge in [0.05, 0.1) is 17.7 Å². The summed E-state index contributed by atoms with van der Waals surface area (Å²) in [6, 6.07) is 6.32. The third kappa shape index (κ3) is 5.01. The quantitative estimate of drug-likeness (QED) is 0.749. The van der Waals surface area contributed by atoms with Crippen molar-refractivity contribution in [1.29, 1.82) is 0 Å². The van der Waals surface area contributed by atoms with Crippen LogP contribution in [0.3, 0.4) is 0 Å². The Kier molecular flexibility index (Phi) is 6.06. The summed E-state index contributed by atoms with van der Waals surface area (Å²) >= 11 is 0. The molecule has 1 aromatic heterocycles. The first-order valence-electron chi connectivity index (χ1n) is 7.42. The maximum absolute atomic E-state index is 12.2. The molecule has 0 bridgehead atoms. The summed E-state index contributed by atoms with van der Waals surface area (Å²) in [5.74, 6) is 0.871. The van der Waals surface area contributed by atoms with Gasteiger partial charge in [0.1, 0.15) is 5.75 Å². The van der Waals surface area contributed by atoms with Crippen molar-refractivity contribution in [2.45, 2.75) is 30.6 Å². The molecule has 0 saturated carbocycles. The van der Waals surface area contributed by atoms with Gasteiger partial charge in [0.15, 0.2) is 0 Å². The summed E-state index contributed by atoms with van der Waals surface area (Å²) in [5.41, 5.74) is 0.922. The molecule has 0 radical (unpaired) electrons. The minimum absolute atomic E-state index is 0.236. The molecule has 0 spiro atoms. The van der Waals surface area contributed by atoms with Crippen LogP contribution in [0.1, 0.15) is 31.4 Å². The summed E-state index contributed by atoms with van der Waals surface area (Å²) < 4.78 is 32.0. The lowest BCUT2D eigenvalue weighted by atomic mass is 10.0. The van der Waals surface area contributed by atoms with Crippen LogP contribution < -0.4 is 9.46 Å². The van der Waals surface area contributed by atoms with Crippen LogP contribution in [-0.4, -0.2) is 32.0 Å². The SMILES string of the molecule is COc1ccc(S(=O)(=O)NCCCC(C)c2cnccn2)cc1. The van der Waals surface area contributed by atoms with Gasteiger partial charge in [-0.3, -0.25) is 9.97 Å². The van der Waals surface area contributed by atoms with Crippen molar-refractivity contribution in [1.82, 2.24) is 14.7 Å². The fourth-order valence-electron chi connectivity index (χ4n) is 2.17. The third-order valence-corrected chi connectivity index (χ3v) is 5.04. The van der Waals surface area contributed by atoms with Gasteiger partial charge in [-0.05, 0) is 43.0 Å². The van der Waals surface area contributed by atoms with E-state index in [1.54, 1.807) is 37.8 Å². The normalized spacial score (nSPS) is 12.8. The van der Waals surface area contributed by atoms with Crippen molar-refractivity contribution < 1.29 is 13.2 Å². The van der Waals surface area contributed by atoms with E-state index < -0.39 is 10.0 Å². The van der Waals surface area contributed by atoms with Gasteiger partial charge in [-0.15, -0.1) is 0 Å². The first kappa shape index (κ1) is 17.4. The van der Waals surface area contributed by atoms with Gasteiger partial charge in [-0.25, -0.2) is 13.1 Å². The second-order valence-corrected chi connectivity index (χ2v) is 7.01. The highest BCUT2D eigenvalue weighted by Gasteiger charge is 2.14. The molecule has 1 heterocycles. The number of rotatable bonds is 8. The topological polar surface area (TPSA) is 81.2 Å². The smallest absolute Gasteiger partial charge is 0.240 e. The number of aromatic nitrogens is 2. The van der Waals surface area contributed by atoms with E-state index in [2.05, 4.69) is 21.6 Å². The summed E-state index contributed by atoms with van der Waals surface area (Å²) in [6.07, 6.45) is 6.61. The van der Waals surface area contributed by atoms with E-state index in [4.69, 9.17) is 4.74 Å². The van der Waals surface area contributed by atoms with Gasteiger partial charge in [-0.2, -0.15) is 0 Å². The number of ether oxygens (including phenoxy) is 1. The van der Waals surface area contributed by atoms with Crippen molar-refractivity contribution in [2.75, 3.05) is 13.7 Å². The Hall–Kier alpha value is -1.99. The summed E-state index contributed by atoms with van der Waals surface area (Å²) in [6.45, 7) is 2.45. The van der Waals surface area contributed by atoms with Crippen LogP contribution in [-0.2, 0) is 10.0 Å². The molecule has 6 nitrogen and oxygen atoms in total. The largest absolute Gasteiger partial charge is 0.497 e. The van der Waals surface area contributed by atoms with Crippen LogP contribution in [0.15, 0.2) is 47.8 Å². The van der Waals surface area contributed by atoms with Gasteiger partial charge >= 0.3 is 0 Å². The van der Waals surface area contributed by atoms with Crippen molar-refractivity contribution in [3.8, 4) is 5.75 Å². The zero-order chi connectivity index (χ0) is 16.7. The van der Waals surface area contributed by atoms with E-state index >= 15 is 0 Å². The highest BCUT2D eigenvalue weighted by Crippen LogP contribution is 2.18. The molecule has 0 fully saturated rings. The number of hydrogen-bond acceptors (Lipinski definition) is 5. The molecular formula is C16H21N3O3S. The first-order valence-corrected chi connectivity index (χ1v) is 8.91. The lowest BCUT2D eigenvalue weighted by Crippen LogP contribution is -2.25. The second kappa shape index (κ2) is 8.03. The number of nitrogens with one attached hydrogen (secondary N) is 1. The summed E-state index contributed by atoms with van der Waals surface area (Å²) in [5, 5.41) is 0. The van der Waals surface area contributed by atoms with E-state index in [-0.39, 0.29) is 10.8 Å². The van der Waals surface area contributed by atoms with Crippen molar-refractivity contribution in [3.05, 3.63) is 48.5 Å². The molecule has 124 valence electrons. The predicted molar refractivity (Wildman–Crippen MR) is 87.9 cm³/mol. The van der Waals surface area contributed by atoms with Gasteiger partial charge in [0.25, 0.3) is 0 Å². The molecule has 2 rings (SSSR count). The average molecular weight is 335 g/mol. The molecule has 1 N–H and O–H groups in total. The Morgan fingerprint density at radius 2 is 1.96 bits per heavy atom. The molecule has 7 heteroatoms. The molecular weight excluding hydrogens is 314 g/mol. The van der Waals surface area contributed by atoms with Crippen LogP contribution in [0, 0.1) is 0 Å². The van der Waals surface area contributed by atoms with Crippen molar-refractivity contribution in [2.24, 2.45) is 0 Å². The highest BCUT2D eigenvalue weighted by molar-refractivity contribution is 7.89. The molecule has 2 aromatic rings. The maximum atomic E-state index is 12.2. The zero-order valence-electron chi connectivity index (χ0n) is 13.3. The molecule has 23 heavy (non-hydrogen) atoms. The minimum Gasteiger partial charge on any atom is -0.497 e. The maximum Gasteiger partial charge on any atom is 0.240 e. The summed E-state index contributed by atoms with van der Waals surface area (Å²) in [4.78, 5) is 8.54. The third-order valence-electron chi connectivity index (χ3n) is 3.56. The fourth-order valence-corrected chi connectivity index (χ4v) is 3.24. The van der Waals surface area contributed by atoms with Gasteiger partial charge < -0.3 is 4.74 Å². The average Bonchev–Trinajstić information content (AvgIpc) is 2.59. The highest BCUT2D eigenvalue weighted by atomic mass is 32.2. The van der Waals surface area contributed by atoms with E-state index in [0.717, 1.165) is 18.5 Å². The van der Waals surface area contributed by atoms with Gasteiger partial charge in [-0.1, -0.05) is 6.92 Å². The van der Waals surface area contributed by atoms with Crippen LogP contribution >= 0.6 is 0 Å². The number of sulfonamides is 1. The van der Waals surface area contributed by atoms with Crippen LogP contribution in [0.4, 0.5) is 0 Å². The Bertz CT molecular complexity index is 703. The lowest BCUT2D eigenvalue weighted by Gasteiger charge is -2.11. The van der Waals surface area contributed by atoms with E-state index in [1.165, 1.54) is 12.1 Å². The molecule has 0 aliphatic heterocycles. The molecule has 0 aliphatic rings. The Morgan fingerprint density at radius 3 is 2.57 bits per heavy atom. The molecule has 1 unspecified atom stereocenters. The molecule has 1 atom stereocenters. The van der Waals surface area contributed by atoms with Gasteiger partial charge in [0, 0.05) is 25.1 Å². The summed E-state index contributed by atoms with van der Waals surface area (Å²) in [7, 11) is -1.94. The molecule has 1 aromatic carbocycles. The molecule has 0 amide bonds. The Labute approximate surface area is 137 Å². The molecule has 0 saturated heterocycles.